The summed E-state index contributed by atoms with van der Waals surface area (Å²) in [5.41, 5.74) is 0.791. The Morgan fingerprint density at radius 1 is 1.39 bits per heavy atom. The average Bonchev–Trinajstić information content (AvgIpc) is 3.02. The van der Waals surface area contributed by atoms with Crippen molar-refractivity contribution in [3.63, 3.8) is 0 Å². The molecule has 1 atom stereocenters. The van der Waals surface area contributed by atoms with E-state index in [1.165, 1.54) is 26.4 Å². The van der Waals surface area contributed by atoms with E-state index in [0.29, 0.717) is 0 Å². The highest BCUT2D eigenvalue weighted by Gasteiger charge is 2.23. The van der Waals surface area contributed by atoms with Crippen molar-refractivity contribution in [1.82, 2.24) is 14.8 Å². The molecule has 7 heteroatoms. The van der Waals surface area contributed by atoms with Gasteiger partial charge in [0.2, 0.25) is 5.76 Å². The molecule has 1 aliphatic rings. The Hall–Kier alpha value is -1.76. The lowest BCUT2D eigenvalue weighted by Gasteiger charge is -2.10. The van der Waals surface area contributed by atoms with Gasteiger partial charge in [0.1, 0.15) is 11.6 Å². The van der Waals surface area contributed by atoms with Crippen molar-refractivity contribution in [2.75, 3.05) is 7.11 Å². The molecule has 3 rings (SSSR count). The number of thioether (sulfide) groups is 1. The normalized spacial score (nSPS) is 15.8. The van der Waals surface area contributed by atoms with Crippen LogP contribution >= 0.6 is 11.8 Å². The van der Waals surface area contributed by atoms with Crippen LogP contribution in [-0.4, -0.2) is 27.8 Å². The topological polar surface area (TPSA) is 70.2 Å². The Kier molecular flexibility index (Phi) is 4.75. The SMILES string of the molecule is COC(=O)c1oc(C(C)Sc2nnc3n2CCCCC3)cc1C. The zero-order valence-electron chi connectivity index (χ0n) is 13.7. The van der Waals surface area contributed by atoms with E-state index in [2.05, 4.69) is 14.8 Å². The summed E-state index contributed by atoms with van der Waals surface area (Å²) < 4.78 is 12.6. The van der Waals surface area contributed by atoms with Gasteiger partial charge in [-0.25, -0.2) is 4.79 Å². The summed E-state index contributed by atoms with van der Waals surface area (Å²) in [5, 5.41) is 9.61. The number of carbonyl (C=O) groups excluding carboxylic acids is 1. The van der Waals surface area contributed by atoms with Gasteiger partial charge < -0.3 is 13.7 Å². The first kappa shape index (κ1) is 16.1. The number of fused-ring (bicyclic) bond motifs is 1. The van der Waals surface area contributed by atoms with Crippen LogP contribution in [-0.2, 0) is 17.7 Å². The molecule has 1 unspecified atom stereocenters. The minimum atomic E-state index is -0.442. The van der Waals surface area contributed by atoms with E-state index in [0.717, 1.165) is 35.3 Å². The molecular formula is C16H21N3O3S. The van der Waals surface area contributed by atoms with E-state index in [4.69, 9.17) is 9.15 Å². The minimum Gasteiger partial charge on any atom is -0.463 e. The van der Waals surface area contributed by atoms with E-state index < -0.39 is 5.97 Å². The summed E-state index contributed by atoms with van der Waals surface area (Å²) >= 11 is 1.61. The van der Waals surface area contributed by atoms with E-state index in [9.17, 15) is 4.79 Å². The zero-order chi connectivity index (χ0) is 16.4. The number of aryl methyl sites for hydroxylation is 2. The number of hydrogen-bond acceptors (Lipinski definition) is 6. The lowest BCUT2D eigenvalue weighted by Crippen LogP contribution is -2.03. The van der Waals surface area contributed by atoms with Crippen LogP contribution in [0, 0.1) is 6.92 Å². The molecule has 2 aromatic rings. The molecule has 0 amide bonds. The molecule has 2 aromatic heterocycles. The van der Waals surface area contributed by atoms with Gasteiger partial charge in [-0.1, -0.05) is 18.2 Å². The first-order valence-electron chi connectivity index (χ1n) is 7.87. The smallest absolute Gasteiger partial charge is 0.374 e. The molecule has 0 spiro atoms. The van der Waals surface area contributed by atoms with Crippen LogP contribution in [0.2, 0.25) is 0 Å². The van der Waals surface area contributed by atoms with E-state index >= 15 is 0 Å². The third kappa shape index (κ3) is 3.29. The quantitative estimate of drug-likeness (QED) is 0.628. The molecule has 0 saturated heterocycles. The van der Waals surface area contributed by atoms with Gasteiger partial charge >= 0.3 is 5.97 Å². The standard InChI is InChI=1S/C16H21N3O3S/c1-10-9-12(22-14(10)15(20)21-3)11(2)23-16-18-17-13-7-5-4-6-8-19(13)16/h9,11H,4-8H2,1-3H3. The molecule has 0 N–H and O–H groups in total. The molecule has 0 radical (unpaired) electrons. The maximum absolute atomic E-state index is 11.7. The Bertz CT molecular complexity index is 707. The predicted octanol–water partition coefficient (Wildman–Crippen LogP) is 3.55. The van der Waals surface area contributed by atoms with Crippen LogP contribution in [0.5, 0.6) is 0 Å². The van der Waals surface area contributed by atoms with Crippen molar-refractivity contribution in [2.24, 2.45) is 0 Å². The molecule has 6 nitrogen and oxygen atoms in total. The number of hydrogen-bond donors (Lipinski definition) is 0. The number of methoxy groups -OCH3 is 1. The Morgan fingerprint density at radius 2 is 2.22 bits per heavy atom. The number of ether oxygens (including phenoxy) is 1. The van der Waals surface area contributed by atoms with Crippen LogP contribution in [0.25, 0.3) is 0 Å². The highest BCUT2D eigenvalue weighted by molar-refractivity contribution is 7.99. The second-order valence-electron chi connectivity index (χ2n) is 5.77. The molecule has 124 valence electrons. The first-order valence-corrected chi connectivity index (χ1v) is 8.75. The summed E-state index contributed by atoms with van der Waals surface area (Å²) in [6, 6.07) is 1.89. The molecule has 3 heterocycles. The maximum atomic E-state index is 11.7. The summed E-state index contributed by atoms with van der Waals surface area (Å²) in [7, 11) is 1.35. The maximum Gasteiger partial charge on any atom is 0.374 e. The lowest BCUT2D eigenvalue weighted by molar-refractivity contribution is 0.0562. The van der Waals surface area contributed by atoms with Crippen molar-refractivity contribution in [2.45, 2.75) is 56.5 Å². The van der Waals surface area contributed by atoms with Crippen molar-refractivity contribution in [3.8, 4) is 0 Å². The molecule has 0 aromatic carbocycles. The summed E-state index contributed by atoms with van der Waals surface area (Å²) in [6.07, 6.45) is 4.58. The molecule has 0 saturated carbocycles. The van der Waals surface area contributed by atoms with Gasteiger partial charge in [0.15, 0.2) is 5.16 Å². The molecule has 0 fully saturated rings. The zero-order valence-corrected chi connectivity index (χ0v) is 14.5. The molecule has 1 aliphatic heterocycles. The second-order valence-corrected chi connectivity index (χ2v) is 7.08. The molecule has 23 heavy (non-hydrogen) atoms. The van der Waals surface area contributed by atoms with Gasteiger partial charge in [0, 0.05) is 18.5 Å². The van der Waals surface area contributed by atoms with Gasteiger partial charge in [-0.05, 0) is 32.8 Å². The number of nitrogens with zero attached hydrogens (tertiary/aromatic N) is 3. The predicted molar refractivity (Wildman–Crippen MR) is 86.6 cm³/mol. The van der Waals surface area contributed by atoms with E-state index in [1.54, 1.807) is 11.8 Å². The van der Waals surface area contributed by atoms with Crippen LogP contribution in [0.4, 0.5) is 0 Å². The summed E-state index contributed by atoms with van der Waals surface area (Å²) in [4.78, 5) is 11.7. The van der Waals surface area contributed by atoms with Gasteiger partial charge in [0.25, 0.3) is 0 Å². The fourth-order valence-corrected chi connectivity index (χ4v) is 3.72. The second kappa shape index (κ2) is 6.78. The molecule has 0 aliphatic carbocycles. The fraction of sp³-hybridized carbons (Fsp3) is 0.562. The van der Waals surface area contributed by atoms with Gasteiger partial charge in [0.05, 0.1) is 12.4 Å². The first-order chi connectivity index (χ1) is 11.1. The summed E-state index contributed by atoms with van der Waals surface area (Å²) in [5.74, 6) is 1.65. The number of esters is 1. The average molecular weight is 335 g/mol. The van der Waals surface area contributed by atoms with E-state index in [-0.39, 0.29) is 11.0 Å². The van der Waals surface area contributed by atoms with Crippen LogP contribution < -0.4 is 0 Å². The van der Waals surface area contributed by atoms with Crippen LogP contribution in [0.1, 0.15) is 59.1 Å². The van der Waals surface area contributed by atoms with Crippen molar-refractivity contribution in [3.05, 3.63) is 29.0 Å². The van der Waals surface area contributed by atoms with E-state index in [1.807, 2.05) is 19.9 Å². The number of carbonyl (C=O) groups is 1. The van der Waals surface area contributed by atoms with Crippen LogP contribution in [0.3, 0.4) is 0 Å². The molecular weight excluding hydrogens is 314 g/mol. The fourth-order valence-electron chi connectivity index (χ4n) is 2.76. The Labute approximate surface area is 139 Å². The third-order valence-corrected chi connectivity index (χ3v) is 5.16. The van der Waals surface area contributed by atoms with Crippen molar-refractivity contribution in [1.29, 1.82) is 0 Å². The van der Waals surface area contributed by atoms with Crippen molar-refractivity contribution < 1.29 is 13.9 Å². The lowest BCUT2D eigenvalue weighted by atomic mass is 10.2. The van der Waals surface area contributed by atoms with Crippen molar-refractivity contribution >= 4 is 17.7 Å². The largest absolute Gasteiger partial charge is 0.463 e. The Balaban J connectivity index is 1.78. The number of aromatic nitrogens is 3. The van der Waals surface area contributed by atoms with Gasteiger partial charge in [-0.2, -0.15) is 0 Å². The molecule has 0 bridgehead atoms. The highest BCUT2D eigenvalue weighted by atomic mass is 32.2. The van der Waals surface area contributed by atoms with Crippen LogP contribution in [0.15, 0.2) is 15.6 Å². The third-order valence-electron chi connectivity index (χ3n) is 4.07. The highest BCUT2D eigenvalue weighted by Crippen LogP contribution is 2.36. The summed E-state index contributed by atoms with van der Waals surface area (Å²) in [6.45, 7) is 4.87. The van der Waals surface area contributed by atoms with Gasteiger partial charge in [-0.3, -0.25) is 0 Å². The number of furan rings is 1. The van der Waals surface area contributed by atoms with Gasteiger partial charge in [-0.15, -0.1) is 10.2 Å². The monoisotopic (exact) mass is 335 g/mol. The number of rotatable bonds is 4. The minimum absolute atomic E-state index is 0.0451. The Morgan fingerprint density at radius 3 is 3.00 bits per heavy atom.